The highest BCUT2D eigenvalue weighted by Crippen LogP contribution is 2.38. The van der Waals surface area contributed by atoms with E-state index < -0.39 is 4.92 Å². The van der Waals surface area contributed by atoms with Crippen molar-refractivity contribution in [3.05, 3.63) is 39.4 Å². The van der Waals surface area contributed by atoms with Crippen LogP contribution in [0.15, 0.2) is 18.2 Å². The highest BCUT2D eigenvalue weighted by atomic mass is 16.6. The Labute approximate surface area is 123 Å². The molecule has 1 saturated heterocycles. The first-order chi connectivity index (χ1) is 9.99. The van der Waals surface area contributed by atoms with Crippen molar-refractivity contribution in [1.82, 2.24) is 4.90 Å². The van der Waals surface area contributed by atoms with Crippen LogP contribution in [-0.4, -0.2) is 34.9 Å². The molecule has 6 heteroatoms. The van der Waals surface area contributed by atoms with Crippen LogP contribution in [0.3, 0.4) is 0 Å². The number of fused-ring (bicyclic) bond motifs is 1. The second-order valence-electron chi connectivity index (χ2n) is 6.10. The van der Waals surface area contributed by atoms with E-state index in [0.29, 0.717) is 30.5 Å². The molecule has 2 aliphatic rings. The number of benzene rings is 1. The summed E-state index contributed by atoms with van der Waals surface area (Å²) in [5.41, 5.74) is 6.84. The van der Waals surface area contributed by atoms with E-state index in [4.69, 9.17) is 5.73 Å². The SMILES string of the molecule is Cc1cccc([N+](=O)[O-])c1C(=O)N1CC2CCC(N)C2C1. The lowest BCUT2D eigenvalue weighted by Gasteiger charge is -2.19. The highest BCUT2D eigenvalue weighted by molar-refractivity contribution is 5.99. The summed E-state index contributed by atoms with van der Waals surface area (Å²) < 4.78 is 0. The summed E-state index contributed by atoms with van der Waals surface area (Å²) >= 11 is 0. The van der Waals surface area contributed by atoms with Crippen molar-refractivity contribution in [1.29, 1.82) is 0 Å². The van der Waals surface area contributed by atoms with Gasteiger partial charge in [-0.3, -0.25) is 14.9 Å². The number of likely N-dealkylation sites (tertiary alicyclic amines) is 1. The van der Waals surface area contributed by atoms with Crippen LogP contribution in [0.5, 0.6) is 0 Å². The lowest BCUT2D eigenvalue weighted by atomic mass is 9.98. The number of carbonyl (C=O) groups is 1. The topological polar surface area (TPSA) is 89.5 Å². The molecule has 1 saturated carbocycles. The minimum Gasteiger partial charge on any atom is -0.338 e. The molecule has 6 nitrogen and oxygen atoms in total. The fourth-order valence-corrected chi connectivity index (χ4v) is 3.71. The molecule has 1 aromatic carbocycles. The second kappa shape index (κ2) is 5.11. The molecule has 2 fully saturated rings. The van der Waals surface area contributed by atoms with Gasteiger partial charge in [-0.15, -0.1) is 0 Å². The molecule has 1 aliphatic carbocycles. The van der Waals surface area contributed by atoms with E-state index in [-0.39, 0.29) is 23.2 Å². The molecule has 0 spiro atoms. The van der Waals surface area contributed by atoms with Crippen LogP contribution in [0.2, 0.25) is 0 Å². The van der Waals surface area contributed by atoms with E-state index in [9.17, 15) is 14.9 Å². The molecular weight excluding hydrogens is 270 g/mol. The van der Waals surface area contributed by atoms with Crippen molar-refractivity contribution >= 4 is 11.6 Å². The van der Waals surface area contributed by atoms with Crippen LogP contribution in [-0.2, 0) is 0 Å². The molecular formula is C15H19N3O3. The number of nitro groups is 1. The molecule has 1 heterocycles. The summed E-state index contributed by atoms with van der Waals surface area (Å²) in [7, 11) is 0. The van der Waals surface area contributed by atoms with Crippen molar-refractivity contribution < 1.29 is 9.72 Å². The minimum absolute atomic E-state index is 0.110. The smallest absolute Gasteiger partial charge is 0.282 e. The summed E-state index contributed by atoms with van der Waals surface area (Å²) in [6, 6.07) is 4.89. The number of nitro benzene ring substituents is 1. The maximum Gasteiger partial charge on any atom is 0.282 e. The molecule has 0 bridgehead atoms. The summed E-state index contributed by atoms with van der Waals surface area (Å²) in [4.78, 5) is 25.1. The molecule has 21 heavy (non-hydrogen) atoms. The molecule has 1 amide bonds. The van der Waals surface area contributed by atoms with E-state index in [2.05, 4.69) is 0 Å². The van der Waals surface area contributed by atoms with Gasteiger partial charge in [0.2, 0.25) is 0 Å². The van der Waals surface area contributed by atoms with E-state index in [1.807, 2.05) is 0 Å². The average Bonchev–Trinajstić information content (AvgIpc) is 3.00. The Hall–Kier alpha value is -1.95. The van der Waals surface area contributed by atoms with Gasteiger partial charge in [-0.05, 0) is 37.2 Å². The number of aryl methyl sites for hydroxylation is 1. The Bertz CT molecular complexity index is 602. The van der Waals surface area contributed by atoms with Crippen molar-refractivity contribution in [2.45, 2.75) is 25.8 Å². The average molecular weight is 289 g/mol. The number of hydrogen-bond acceptors (Lipinski definition) is 4. The number of rotatable bonds is 2. The van der Waals surface area contributed by atoms with E-state index in [0.717, 1.165) is 12.8 Å². The normalized spacial score (nSPS) is 27.7. The van der Waals surface area contributed by atoms with Crippen LogP contribution in [0.25, 0.3) is 0 Å². The third kappa shape index (κ3) is 2.29. The Morgan fingerprint density at radius 2 is 2.14 bits per heavy atom. The molecule has 1 aromatic rings. The fraction of sp³-hybridized carbons (Fsp3) is 0.533. The predicted molar refractivity (Wildman–Crippen MR) is 77.9 cm³/mol. The van der Waals surface area contributed by atoms with E-state index in [1.54, 1.807) is 24.0 Å². The molecule has 0 aromatic heterocycles. The molecule has 112 valence electrons. The first-order valence-electron chi connectivity index (χ1n) is 7.28. The van der Waals surface area contributed by atoms with Crippen LogP contribution >= 0.6 is 0 Å². The monoisotopic (exact) mass is 289 g/mol. The van der Waals surface area contributed by atoms with Gasteiger partial charge >= 0.3 is 0 Å². The van der Waals surface area contributed by atoms with Gasteiger partial charge in [-0.1, -0.05) is 12.1 Å². The van der Waals surface area contributed by atoms with Crippen molar-refractivity contribution in [2.24, 2.45) is 17.6 Å². The summed E-state index contributed by atoms with van der Waals surface area (Å²) in [6.45, 7) is 3.03. The van der Waals surface area contributed by atoms with Crippen molar-refractivity contribution in [3.8, 4) is 0 Å². The van der Waals surface area contributed by atoms with Gasteiger partial charge in [-0.2, -0.15) is 0 Å². The van der Waals surface area contributed by atoms with Gasteiger partial charge < -0.3 is 10.6 Å². The summed E-state index contributed by atoms with van der Waals surface area (Å²) in [5.74, 6) is 0.561. The molecule has 3 rings (SSSR count). The lowest BCUT2D eigenvalue weighted by Crippen LogP contribution is -2.34. The zero-order valence-electron chi connectivity index (χ0n) is 12.0. The van der Waals surface area contributed by atoms with Gasteiger partial charge in [0.25, 0.3) is 11.6 Å². The number of carbonyl (C=O) groups excluding carboxylic acids is 1. The predicted octanol–water partition coefficient (Wildman–Crippen LogP) is 1.71. The zero-order valence-corrected chi connectivity index (χ0v) is 12.0. The van der Waals surface area contributed by atoms with Gasteiger partial charge in [0, 0.05) is 25.2 Å². The van der Waals surface area contributed by atoms with Crippen LogP contribution in [0, 0.1) is 28.9 Å². The molecule has 3 atom stereocenters. The largest absolute Gasteiger partial charge is 0.338 e. The minimum atomic E-state index is -0.483. The maximum atomic E-state index is 12.7. The molecule has 1 aliphatic heterocycles. The Kier molecular flexibility index (Phi) is 3.41. The second-order valence-corrected chi connectivity index (χ2v) is 6.10. The Balaban J connectivity index is 1.89. The third-order valence-corrected chi connectivity index (χ3v) is 4.86. The zero-order chi connectivity index (χ0) is 15.1. The van der Waals surface area contributed by atoms with Gasteiger partial charge in [0.1, 0.15) is 5.56 Å². The van der Waals surface area contributed by atoms with Gasteiger partial charge in [0.05, 0.1) is 4.92 Å². The summed E-state index contributed by atoms with van der Waals surface area (Å²) in [5, 5.41) is 11.2. The number of nitrogens with two attached hydrogens (primary N) is 1. The van der Waals surface area contributed by atoms with Gasteiger partial charge in [-0.25, -0.2) is 0 Å². The van der Waals surface area contributed by atoms with E-state index >= 15 is 0 Å². The number of hydrogen-bond donors (Lipinski definition) is 1. The molecule has 3 unspecified atom stereocenters. The Morgan fingerprint density at radius 3 is 2.81 bits per heavy atom. The highest BCUT2D eigenvalue weighted by Gasteiger charge is 2.43. The summed E-state index contributed by atoms with van der Waals surface area (Å²) in [6.07, 6.45) is 2.06. The van der Waals surface area contributed by atoms with Crippen LogP contribution in [0.1, 0.15) is 28.8 Å². The Morgan fingerprint density at radius 1 is 1.38 bits per heavy atom. The first kappa shape index (κ1) is 14.0. The van der Waals surface area contributed by atoms with E-state index in [1.165, 1.54) is 6.07 Å². The number of nitrogens with zero attached hydrogens (tertiary/aromatic N) is 2. The number of amides is 1. The standard InChI is InChI=1S/C15H19N3O3/c1-9-3-2-4-13(18(20)21)14(9)15(19)17-7-10-5-6-12(16)11(10)8-17/h2-4,10-12H,5-8,16H2,1H3. The fourth-order valence-electron chi connectivity index (χ4n) is 3.71. The third-order valence-electron chi connectivity index (χ3n) is 4.86. The lowest BCUT2D eigenvalue weighted by molar-refractivity contribution is -0.385. The van der Waals surface area contributed by atoms with Crippen LogP contribution in [0.4, 0.5) is 5.69 Å². The quantitative estimate of drug-likeness (QED) is 0.663. The molecule has 2 N–H and O–H groups in total. The van der Waals surface area contributed by atoms with Crippen LogP contribution < -0.4 is 5.73 Å². The molecule has 0 radical (unpaired) electrons. The van der Waals surface area contributed by atoms with Crippen molar-refractivity contribution in [3.63, 3.8) is 0 Å². The van der Waals surface area contributed by atoms with Crippen molar-refractivity contribution in [2.75, 3.05) is 13.1 Å². The maximum absolute atomic E-state index is 12.7. The first-order valence-corrected chi connectivity index (χ1v) is 7.28. The van der Waals surface area contributed by atoms with Gasteiger partial charge in [0.15, 0.2) is 0 Å².